The Labute approximate surface area is 219 Å². The summed E-state index contributed by atoms with van der Waals surface area (Å²) in [7, 11) is 1.43. The standard InChI is InChI=1S/C28H27N5O5/c1-37-27-11-8-21(33(35)36)16-26(27)31-28(34)30-25-10-9-22(23-4-2-3-5-24(23)25)19-6-7-20(29-17-19)18-32-12-14-38-15-13-32/h2-11,16-17H,12-15,18H2,1H3,(H2,30,31,34). The third-order valence-corrected chi connectivity index (χ3v) is 6.44. The maximum absolute atomic E-state index is 12.9. The minimum Gasteiger partial charge on any atom is -0.495 e. The van der Waals surface area contributed by atoms with Crippen molar-refractivity contribution < 1.29 is 19.2 Å². The number of aromatic nitrogens is 1. The first kappa shape index (κ1) is 25.1. The van der Waals surface area contributed by atoms with Gasteiger partial charge in [0.25, 0.3) is 5.69 Å². The molecule has 0 spiro atoms. The van der Waals surface area contributed by atoms with Crippen molar-refractivity contribution in [3.63, 3.8) is 0 Å². The van der Waals surface area contributed by atoms with Crippen LogP contribution in [0, 0.1) is 10.1 Å². The first-order valence-corrected chi connectivity index (χ1v) is 12.2. The maximum Gasteiger partial charge on any atom is 0.323 e. The number of non-ortho nitro benzene ring substituents is 1. The molecule has 0 bridgehead atoms. The van der Waals surface area contributed by atoms with Crippen LogP contribution >= 0.6 is 0 Å². The van der Waals surface area contributed by atoms with Crippen molar-refractivity contribution in [3.05, 3.63) is 88.7 Å². The van der Waals surface area contributed by atoms with Gasteiger partial charge in [0, 0.05) is 48.9 Å². The van der Waals surface area contributed by atoms with E-state index in [4.69, 9.17) is 9.47 Å². The number of ether oxygens (including phenoxy) is 2. The largest absolute Gasteiger partial charge is 0.495 e. The van der Waals surface area contributed by atoms with Gasteiger partial charge in [-0.15, -0.1) is 0 Å². The molecule has 2 amide bonds. The van der Waals surface area contributed by atoms with Gasteiger partial charge in [-0.05, 0) is 29.1 Å². The molecule has 10 heteroatoms. The third kappa shape index (κ3) is 5.56. The van der Waals surface area contributed by atoms with Gasteiger partial charge in [0.2, 0.25) is 0 Å². The van der Waals surface area contributed by atoms with Crippen molar-refractivity contribution in [2.75, 3.05) is 44.0 Å². The van der Waals surface area contributed by atoms with Gasteiger partial charge in [0.1, 0.15) is 5.75 Å². The Morgan fingerprint density at radius 3 is 2.50 bits per heavy atom. The number of amides is 2. The van der Waals surface area contributed by atoms with E-state index in [0.29, 0.717) is 11.4 Å². The number of nitro groups is 1. The zero-order valence-electron chi connectivity index (χ0n) is 20.8. The Morgan fingerprint density at radius 1 is 1.03 bits per heavy atom. The summed E-state index contributed by atoms with van der Waals surface area (Å²) < 4.78 is 10.7. The van der Waals surface area contributed by atoms with E-state index < -0.39 is 11.0 Å². The number of pyridine rings is 1. The lowest BCUT2D eigenvalue weighted by molar-refractivity contribution is -0.384. The number of anilines is 2. The molecule has 5 rings (SSSR count). The van der Waals surface area contributed by atoms with E-state index >= 15 is 0 Å². The average molecular weight is 514 g/mol. The predicted molar refractivity (Wildman–Crippen MR) is 146 cm³/mol. The van der Waals surface area contributed by atoms with Crippen molar-refractivity contribution in [3.8, 4) is 16.9 Å². The number of morpholine rings is 1. The smallest absolute Gasteiger partial charge is 0.323 e. The Morgan fingerprint density at radius 2 is 1.79 bits per heavy atom. The van der Waals surface area contributed by atoms with E-state index in [-0.39, 0.29) is 11.4 Å². The normalized spacial score (nSPS) is 13.7. The molecular formula is C28H27N5O5. The number of nitrogens with zero attached hydrogens (tertiary/aromatic N) is 3. The highest BCUT2D eigenvalue weighted by Gasteiger charge is 2.16. The summed E-state index contributed by atoms with van der Waals surface area (Å²) >= 11 is 0. The van der Waals surface area contributed by atoms with Gasteiger partial charge in [-0.2, -0.15) is 0 Å². The van der Waals surface area contributed by atoms with E-state index in [1.807, 2.05) is 48.7 Å². The number of benzene rings is 3. The number of carbonyl (C=O) groups excluding carboxylic acids is 1. The van der Waals surface area contributed by atoms with Crippen LogP contribution in [0.15, 0.2) is 72.9 Å². The van der Waals surface area contributed by atoms with Crippen LogP contribution in [-0.4, -0.2) is 54.3 Å². The van der Waals surface area contributed by atoms with Crippen LogP contribution in [0.3, 0.4) is 0 Å². The molecule has 0 atom stereocenters. The van der Waals surface area contributed by atoms with E-state index in [9.17, 15) is 14.9 Å². The zero-order valence-corrected chi connectivity index (χ0v) is 20.8. The second-order valence-electron chi connectivity index (χ2n) is 8.85. The van der Waals surface area contributed by atoms with Gasteiger partial charge in [-0.25, -0.2) is 4.79 Å². The molecule has 4 aromatic rings. The number of carbonyl (C=O) groups is 1. The molecule has 38 heavy (non-hydrogen) atoms. The summed E-state index contributed by atoms with van der Waals surface area (Å²) in [5.74, 6) is 0.315. The summed E-state index contributed by atoms with van der Waals surface area (Å²) in [6.07, 6.45) is 1.88. The number of rotatable bonds is 7. The van der Waals surface area contributed by atoms with Crippen LogP contribution in [0.2, 0.25) is 0 Å². The van der Waals surface area contributed by atoms with Crippen molar-refractivity contribution in [2.24, 2.45) is 0 Å². The summed E-state index contributed by atoms with van der Waals surface area (Å²) in [6, 6.07) is 19.2. The lowest BCUT2D eigenvalue weighted by Crippen LogP contribution is -2.35. The van der Waals surface area contributed by atoms with E-state index in [0.717, 1.165) is 60.4 Å². The summed E-state index contributed by atoms with van der Waals surface area (Å²) in [6.45, 7) is 4.11. The Bertz CT molecular complexity index is 1470. The lowest BCUT2D eigenvalue weighted by Gasteiger charge is -2.26. The van der Waals surface area contributed by atoms with E-state index in [1.54, 1.807) is 0 Å². The number of nitro benzene ring substituents is 1. The number of urea groups is 1. The Balaban J connectivity index is 1.36. The first-order valence-electron chi connectivity index (χ1n) is 12.2. The molecule has 1 fully saturated rings. The number of hydrogen-bond acceptors (Lipinski definition) is 7. The predicted octanol–water partition coefficient (Wildman–Crippen LogP) is 5.29. The number of hydrogen-bond donors (Lipinski definition) is 2. The highest BCUT2D eigenvalue weighted by Crippen LogP contribution is 2.34. The van der Waals surface area contributed by atoms with Gasteiger partial charge < -0.3 is 20.1 Å². The summed E-state index contributed by atoms with van der Waals surface area (Å²) in [5, 5.41) is 18.5. The van der Waals surface area contributed by atoms with Crippen LogP contribution < -0.4 is 15.4 Å². The highest BCUT2D eigenvalue weighted by molar-refractivity contribution is 6.10. The van der Waals surface area contributed by atoms with Crippen molar-refractivity contribution in [1.29, 1.82) is 0 Å². The van der Waals surface area contributed by atoms with Crippen LogP contribution in [-0.2, 0) is 11.3 Å². The van der Waals surface area contributed by atoms with Crippen LogP contribution in [0.1, 0.15) is 5.69 Å². The van der Waals surface area contributed by atoms with Crippen LogP contribution in [0.4, 0.5) is 21.9 Å². The zero-order chi connectivity index (χ0) is 26.5. The first-order chi connectivity index (χ1) is 18.5. The van der Waals surface area contributed by atoms with E-state index in [1.165, 1.54) is 25.3 Å². The molecular weight excluding hydrogens is 486 g/mol. The highest BCUT2D eigenvalue weighted by atomic mass is 16.6. The molecule has 1 aromatic heterocycles. The Hall–Kier alpha value is -4.54. The minimum atomic E-state index is -0.546. The van der Waals surface area contributed by atoms with Crippen molar-refractivity contribution in [1.82, 2.24) is 9.88 Å². The summed E-state index contributed by atoms with van der Waals surface area (Å²) in [4.78, 5) is 30.5. The fraction of sp³-hybridized carbons (Fsp3) is 0.214. The average Bonchev–Trinajstić information content (AvgIpc) is 2.94. The topological polar surface area (TPSA) is 119 Å². The fourth-order valence-corrected chi connectivity index (χ4v) is 4.51. The van der Waals surface area contributed by atoms with Crippen molar-refractivity contribution >= 4 is 33.9 Å². The molecule has 194 valence electrons. The minimum absolute atomic E-state index is 0.152. The SMILES string of the molecule is COc1ccc([N+](=O)[O-])cc1NC(=O)Nc1ccc(-c2ccc(CN3CCOCC3)nc2)c2ccccc12. The number of fused-ring (bicyclic) bond motifs is 1. The van der Waals surface area contributed by atoms with E-state index in [2.05, 4.69) is 26.6 Å². The Kier molecular flexibility index (Phi) is 7.43. The molecule has 2 N–H and O–H groups in total. The molecule has 1 aliphatic rings. The molecule has 0 radical (unpaired) electrons. The second-order valence-corrected chi connectivity index (χ2v) is 8.85. The van der Waals surface area contributed by atoms with Gasteiger partial charge in [-0.1, -0.05) is 36.4 Å². The second kappa shape index (κ2) is 11.2. The maximum atomic E-state index is 12.9. The van der Waals surface area contributed by atoms with Crippen LogP contribution in [0.5, 0.6) is 5.75 Å². The molecule has 0 unspecified atom stereocenters. The molecule has 1 aliphatic heterocycles. The van der Waals surface area contributed by atoms with Gasteiger partial charge in [0.15, 0.2) is 0 Å². The lowest BCUT2D eigenvalue weighted by atomic mass is 9.98. The molecule has 0 aliphatic carbocycles. The number of methoxy groups -OCH3 is 1. The fourth-order valence-electron chi connectivity index (χ4n) is 4.51. The molecule has 3 aromatic carbocycles. The van der Waals surface area contributed by atoms with Gasteiger partial charge in [0.05, 0.1) is 42.3 Å². The van der Waals surface area contributed by atoms with Crippen LogP contribution in [0.25, 0.3) is 21.9 Å². The molecule has 2 heterocycles. The number of nitrogens with one attached hydrogen (secondary N) is 2. The third-order valence-electron chi connectivity index (χ3n) is 6.44. The quantitative estimate of drug-likeness (QED) is 0.254. The molecule has 0 saturated carbocycles. The summed E-state index contributed by atoms with van der Waals surface area (Å²) in [5.41, 5.74) is 3.63. The molecule has 10 nitrogen and oxygen atoms in total. The van der Waals surface area contributed by atoms with Crippen molar-refractivity contribution in [2.45, 2.75) is 6.54 Å². The van der Waals surface area contributed by atoms with Gasteiger partial charge in [-0.3, -0.25) is 20.0 Å². The monoisotopic (exact) mass is 513 g/mol. The molecule has 1 saturated heterocycles. The van der Waals surface area contributed by atoms with Gasteiger partial charge >= 0.3 is 6.03 Å².